The van der Waals surface area contributed by atoms with Crippen molar-refractivity contribution in [2.45, 2.75) is 20.4 Å². The Kier molecular flexibility index (Phi) is 4.89. The quantitative estimate of drug-likeness (QED) is 0.909. The van der Waals surface area contributed by atoms with Crippen LogP contribution in [0.3, 0.4) is 0 Å². The maximum atomic E-state index is 11.8. The number of anilines is 1. The van der Waals surface area contributed by atoms with Crippen molar-refractivity contribution in [2.24, 2.45) is 5.73 Å². The lowest BCUT2D eigenvalue weighted by Gasteiger charge is -1.96. The van der Waals surface area contributed by atoms with Gasteiger partial charge in [-0.25, -0.2) is 4.98 Å². The number of halogens is 1. The summed E-state index contributed by atoms with van der Waals surface area (Å²) in [5, 5.41) is 3.32. The van der Waals surface area contributed by atoms with E-state index >= 15 is 0 Å². The highest BCUT2D eigenvalue weighted by molar-refractivity contribution is 7.15. The number of hydrogen-bond acceptors (Lipinski definition) is 5. The standard InChI is InChI=1S/C11H13N3O2S.ClH/c1-6-7(2)17-11(13-6)14-10(15)8-3-9(4-12)16-5-8;/h3,5H,4,12H2,1-2H3,(H,13,14,15);1H. The molecule has 0 bridgehead atoms. The monoisotopic (exact) mass is 287 g/mol. The molecule has 2 heterocycles. The summed E-state index contributed by atoms with van der Waals surface area (Å²) in [4.78, 5) is 17.1. The minimum Gasteiger partial charge on any atom is -0.467 e. The van der Waals surface area contributed by atoms with Crippen LogP contribution in [0, 0.1) is 13.8 Å². The number of carbonyl (C=O) groups excluding carboxylic acids is 1. The molecule has 3 N–H and O–H groups in total. The molecule has 0 unspecified atom stereocenters. The van der Waals surface area contributed by atoms with E-state index in [1.807, 2.05) is 13.8 Å². The van der Waals surface area contributed by atoms with Crippen LogP contribution in [-0.4, -0.2) is 10.9 Å². The zero-order valence-corrected chi connectivity index (χ0v) is 11.7. The van der Waals surface area contributed by atoms with Crippen LogP contribution in [0.5, 0.6) is 0 Å². The molecule has 18 heavy (non-hydrogen) atoms. The van der Waals surface area contributed by atoms with E-state index in [0.29, 0.717) is 16.5 Å². The summed E-state index contributed by atoms with van der Waals surface area (Å²) in [5.41, 5.74) is 6.79. The van der Waals surface area contributed by atoms with Gasteiger partial charge >= 0.3 is 0 Å². The molecule has 0 saturated heterocycles. The number of nitrogens with one attached hydrogen (secondary N) is 1. The lowest BCUT2D eigenvalue weighted by atomic mass is 10.3. The third kappa shape index (κ3) is 3.10. The summed E-state index contributed by atoms with van der Waals surface area (Å²) in [6.45, 7) is 4.15. The van der Waals surface area contributed by atoms with Crippen LogP contribution >= 0.6 is 23.7 Å². The highest BCUT2D eigenvalue weighted by atomic mass is 35.5. The first kappa shape index (κ1) is 14.7. The number of nitrogens with two attached hydrogens (primary N) is 1. The van der Waals surface area contributed by atoms with Gasteiger partial charge < -0.3 is 10.2 Å². The molecule has 0 fully saturated rings. The fraction of sp³-hybridized carbons (Fsp3) is 0.273. The maximum absolute atomic E-state index is 11.8. The average Bonchev–Trinajstić information content (AvgIpc) is 2.87. The van der Waals surface area contributed by atoms with Gasteiger partial charge in [-0.05, 0) is 19.9 Å². The van der Waals surface area contributed by atoms with Crippen LogP contribution in [-0.2, 0) is 6.54 Å². The van der Waals surface area contributed by atoms with Crippen molar-refractivity contribution < 1.29 is 9.21 Å². The first-order valence-electron chi connectivity index (χ1n) is 5.13. The lowest BCUT2D eigenvalue weighted by molar-refractivity contribution is 0.102. The van der Waals surface area contributed by atoms with E-state index in [4.69, 9.17) is 10.2 Å². The van der Waals surface area contributed by atoms with Gasteiger partial charge in [-0.3, -0.25) is 10.1 Å². The molecular weight excluding hydrogens is 274 g/mol. The van der Waals surface area contributed by atoms with E-state index in [1.54, 1.807) is 6.07 Å². The summed E-state index contributed by atoms with van der Waals surface area (Å²) in [5.74, 6) is 0.351. The number of furan rings is 1. The van der Waals surface area contributed by atoms with Gasteiger partial charge in [0, 0.05) is 4.88 Å². The normalized spacial score (nSPS) is 9.94. The largest absolute Gasteiger partial charge is 0.467 e. The zero-order chi connectivity index (χ0) is 12.4. The third-order valence-corrected chi connectivity index (χ3v) is 3.35. The molecule has 0 saturated carbocycles. The third-order valence-electron chi connectivity index (χ3n) is 2.37. The molecule has 0 atom stereocenters. The molecule has 98 valence electrons. The second-order valence-electron chi connectivity index (χ2n) is 3.62. The van der Waals surface area contributed by atoms with Gasteiger partial charge in [0.15, 0.2) is 5.13 Å². The van der Waals surface area contributed by atoms with Crippen molar-refractivity contribution in [3.05, 3.63) is 34.2 Å². The van der Waals surface area contributed by atoms with Crippen LogP contribution in [0.4, 0.5) is 5.13 Å². The second-order valence-corrected chi connectivity index (χ2v) is 4.82. The van der Waals surface area contributed by atoms with E-state index in [9.17, 15) is 4.79 Å². The van der Waals surface area contributed by atoms with Crippen molar-refractivity contribution in [3.8, 4) is 0 Å². The van der Waals surface area contributed by atoms with Crippen molar-refractivity contribution in [2.75, 3.05) is 5.32 Å². The van der Waals surface area contributed by atoms with E-state index in [0.717, 1.165) is 10.6 Å². The predicted octanol–water partition coefficient (Wildman–Crippen LogP) is 2.49. The molecule has 0 radical (unpaired) electrons. The Morgan fingerprint density at radius 1 is 1.56 bits per heavy atom. The van der Waals surface area contributed by atoms with Crippen molar-refractivity contribution in [3.63, 3.8) is 0 Å². The number of hydrogen-bond donors (Lipinski definition) is 2. The number of nitrogens with zero attached hydrogens (tertiary/aromatic N) is 1. The highest BCUT2D eigenvalue weighted by Gasteiger charge is 2.12. The van der Waals surface area contributed by atoms with Gasteiger partial charge in [0.25, 0.3) is 5.91 Å². The molecule has 1 amide bonds. The van der Waals surface area contributed by atoms with E-state index < -0.39 is 0 Å². The minimum absolute atomic E-state index is 0. The van der Waals surface area contributed by atoms with Crippen LogP contribution in [0.15, 0.2) is 16.7 Å². The first-order chi connectivity index (χ1) is 8.10. The molecule has 0 aromatic carbocycles. The molecule has 0 spiro atoms. The topological polar surface area (TPSA) is 81.2 Å². The van der Waals surface area contributed by atoms with Crippen LogP contribution < -0.4 is 11.1 Å². The molecule has 0 aliphatic rings. The predicted molar refractivity (Wildman–Crippen MR) is 73.4 cm³/mol. The van der Waals surface area contributed by atoms with Crippen molar-refractivity contribution in [1.29, 1.82) is 0 Å². The van der Waals surface area contributed by atoms with Gasteiger partial charge in [0.2, 0.25) is 0 Å². The molecule has 5 nitrogen and oxygen atoms in total. The van der Waals surface area contributed by atoms with Gasteiger partial charge in [0.05, 0.1) is 17.8 Å². The van der Waals surface area contributed by atoms with E-state index in [1.165, 1.54) is 17.6 Å². The summed E-state index contributed by atoms with van der Waals surface area (Å²) in [6, 6.07) is 1.63. The SMILES string of the molecule is Cc1nc(NC(=O)c2coc(CN)c2)sc1C.Cl. The second kappa shape index (κ2) is 5.99. The van der Waals surface area contributed by atoms with Crippen LogP contribution in [0.1, 0.15) is 26.7 Å². The Morgan fingerprint density at radius 2 is 2.28 bits per heavy atom. The number of amides is 1. The van der Waals surface area contributed by atoms with Crippen molar-refractivity contribution in [1.82, 2.24) is 4.98 Å². The Hall–Kier alpha value is -1.37. The molecular formula is C11H14ClN3O2S. The Labute approximate surface area is 115 Å². The minimum atomic E-state index is -0.234. The van der Waals surface area contributed by atoms with E-state index in [-0.39, 0.29) is 24.9 Å². The summed E-state index contributed by atoms with van der Waals surface area (Å²) >= 11 is 1.45. The number of aromatic nitrogens is 1. The maximum Gasteiger partial charge on any atom is 0.260 e. The molecule has 0 aliphatic heterocycles. The summed E-state index contributed by atoms with van der Waals surface area (Å²) in [7, 11) is 0. The Balaban J connectivity index is 0.00000162. The Bertz CT molecular complexity index is 531. The number of aryl methyl sites for hydroxylation is 2. The summed E-state index contributed by atoms with van der Waals surface area (Å²) < 4.78 is 5.10. The molecule has 2 aromatic rings. The van der Waals surface area contributed by atoms with Gasteiger partial charge in [-0.1, -0.05) is 0 Å². The van der Waals surface area contributed by atoms with Gasteiger partial charge in [-0.15, -0.1) is 23.7 Å². The molecule has 2 aromatic heterocycles. The highest BCUT2D eigenvalue weighted by Crippen LogP contribution is 2.21. The summed E-state index contributed by atoms with van der Waals surface area (Å²) in [6.07, 6.45) is 1.39. The van der Waals surface area contributed by atoms with Gasteiger partial charge in [-0.2, -0.15) is 0 Å². The smallest absolute Gasteiger partial charge is 0.260 e. The van der Waals surface area contributed by atoms with Crippen molar-refractivity contribution >= 4 is 34.8 Å². The fourth-order valence-electron chi connectivity index (χ4n) is 1.30. The first-order valence-corrected chi connectivity index (χ1v) is 5.94. The fourth-order valence-corrected chi connectivity index (χ4v) is 2.11. The average molecular weight is 288 g/mol. The van der Waals surface area contributed by atoms with E-state index in [2.05, 4.69) is 10.3 Å². The molecule has 0 aliphatic carbocycles. The zero-order valence-electron chi connectivity index (χ0n) is 10.0. The number of rotatable bonds is 3. The lowest BCUT2D eigenvalue weighted by Crippen LogP contribution is -2.10. The molecule has 7 heteroatoms. The number of thiazole rings is 1. The Morgan fingerprint density at radius 3 is 2.78 bits per heavy atom. The van der Waals surface area contributed by atoms with Gasteiger partial charge in [0.1, 0.15) is 12.0 Å². The molecule has 2 rings (SSSR count). The number of carbonyl (C=O) groups is 1. The van der Waals surface area contributed by atoms with Crippen LogP contribution in [0.2, 0.25) is 0 Å². The van der Waals surface area contributed by atoms with Crippen LogP contribution in [0.25, 0.3) is 0 Å².